The molecule has 0 aromatic rings. The van der Waals surface area contributed by atoms with E-state index in [9.17, 15) is 0 Å². The van der Waals surface area contributed by atoms with Crippen LogP contribution in [-0.2, 0) is 0 Å². The smallest absolute Gasteiger partial charge is 0.0310 e. The van der Waals surface area contributed by atoms with Crippen molar-refractivity contribution >= 4 is 0 Å². The van der Waals surface area contributed by atoms with Crippen molar-refractivity contribution in [3.8, 4) is 0 Å². The summed E-state index contributed by atoms with van der Waals surface area (Å²) >= 11 is 0. The zero-order valence-electron chi connectivity index (χ0n) is 11.5. The monoisotopic (exact) mass is 222 g/mol. The van der Waals surface area contributed by atoms with Crippen LogP contribution in [0.5, 0.6) is 0 Å². The van der Waals surface area contributed by atoms with Crippen LogP contribution >= 0.6 is 0 Å². The SMILES string of the molecule is CN1CCN(C)[C@@H]2[C@H]1[C@H]1CC[C@]2(C)C1(C)C. The largest absolute Gasteiger partial charge is 0.300 e. The molecule has 0 N–H and O–H groups in total. The van der Waals surface area contributed by atoms with Gasteiger partial charge in [0.05, 0.1) is 0 Å². The Morgan fingerprint density at radius 3 is 2.25 bits per heavy atom. The molecule has 1 aliphatic heterocycles. The van der Waals surface area contributed by atoms with Gasteiger partial charge in [-0.05, 0) is 43.7 Å². The van der Waals surface area contributed by atoms with Gasteiger partial charge >= 0.3 is 0 Å². The molecule has 0 spiro atoms. The number of hydrogen-bond acceptors (Lipinski definition) is 2. The van der Waals surface area contributed by atoms with Crippen molar-refractivity contribution in [3.63, 3.8) is 0 Å². The number of nitrogens with zero attached hydrogens (tertiary/aromatic N) is 2. The molecular weight excluding hydrogens is 196 g/mol. The second-order valence-electron chi connectivity index (χ2n) is 7.18. The van der Waals surface area contributed by atoms with Crippen LogP contribution < -0.4 is 0 Å². The quantitative estimate of drug-likeness (QED) is 0.619. The first-order valence-corrected chi connectivity index (χ1v) is 6.80. The standard InChI is InChI=1S/C14H26N2/c1-13(2)10-6-7-14(13,3)12-11(10)15(4)8-9-16(12)5/h10-12H,6-9H2,1-5H3/t10-,11-,12-,14+/m1/s1. The van der Waals surface area contributed by atoms with Crippen LogP contribution in [0.25, 0.3) is 0 Å². The van der Waals surface area contributed by atoms with Crippen LogP contribution in [0, 0.1) is 16.7 Å². The average molecular weight is 222 g/mol. The van der Waals surface area contributed by atoms with Crippen LogP contribution in [0.4, 0.5) is 0 Å². The molecule has 0 aromatic heterocycles. The van der Waals surface area contributed by atoms with E-state index in [1.807, 2.05) is 0 Å². The zero-order valence-corrected chi connectivity index (χ0v) is 11.5. The molecular formula is C14H26N2. The topological polar surface area (TPSA) is 6.48 Å². The Morgan fingerprint density at radius 2 is 1.62 bits per heavy atom. The van der Waals surface area contributed by atoms with Gasteiger partial charge in [0, 0.05) is 25.2 Å². The highest BCUT2D eigenvalue weighted by atomic mass is 15.3. The van der Waals surface area contributed by atoms with E-state index in [4.69, 9.17) is 0 Å². The zero-order chi connectivity index (χ0) is 11.7. The summed E-state index contributed by atoms with van der Waals surface area (Å²) in [6.07, 6.45) is 2.88. The molecule has 2 nitrogen and oxygen atoms in total. The second-order valence-corrected chi connectivity index (χ2v) is 7.18. The van der Waals surface area contributed by atoms with Gasteiger partial charge < -0.3 is 9.80 Å². The Balaban J connectivity index is 2.06. The van der Waals surface area contributed by atoms with E-state index in [-0.39, 0.29) is 0 Å². The molecule has 3 fully saturated rings. The van der Waals surface area contributed by atoms with Gasteiger partial charge in [-0.1, -0.05) is 20.8 Å². The van der Waals surface area contributed by atoms with Gasteiger partial charge in [-0.2, -0.15) is 0 Å². The summed E-state index contributed by atoms with van der Waals surface area (Å²) in [5, 5.41) is 0. The predicted molar refractivity (Wildman–Crippen MR) is 67.4 cm³/mol. The lowest BCUT2D eigenvalue weighted by Crippen LogP contribution is -2.61. The number of hydrogen-bond donors (Lipinski definition) is 0. The first-order chi connectivity index (χ1) is 7.39. The molecule has 1 saturated heterocycles. The molecule has 3 aliphatic rings. The maximum Gasteiger partial charge on any atom is 0.0310 e. The summed E-state index contributed by atoms with van der Waals surface area (Å²) in [7, 11) is 4.68. The minimum Gasteiger partial charge on any atom is -0.300 e. The van der Waals surface area contributed by atoms with Crippen molar-refractivity contribution in [1.82, 2.24) is 9.80 Å². The lowest BCUT2D eigenvalue weighted by atomic mass is 9.68. The summed E-state index contributed by atoms with van der Waals surface area (Å²) in [4.78, 5) is 5.28. The Kier molecular flexibility index (Phi) is 2.09. The van der Waals surface area contributed by atoms with Crippen LogP contribution in [0.15, 0.2) is 0 Å². The van der Waals surface area contributed by atoms with Gasteiger partial charge in [0.15, 0.2) is 0 Å². The van der Waals surface area contributed by atoms with Gasteiger partial charge in [-0.15, -0.1) is 0 Å². The van der Waals surface area contributed by atoms with Gasteiger partial charge in [0.1, 0.15) is 0 Å². The van der Waals surface area contributed by atoms with Gasteiger partial charge in [0.2, 0.25) is 0 Å². The number of piperazine rings is 1. The molecule has 16 heavy (non-hydrogen) atoms. The first kappa shape index (κ1) is 11.0. The Labute approximate surface area is 100.0 Å². The van der Waals surface area contributed by atoms with Gasteiger partial charge in [0.25, 0.3) is 0 Å². The lowest BCUT2D eigenvalue weighted by molar-refractivity contribution is -0.0139. The van der Waals surface area contributed by atoms with Crippen molar-refractivity contribution in [2.45, 2.75) is 45.7 Å². The normalized spacial score (nSPS) is 51.9. The summed E-state index contributed by atoms with van der Waals surface area (Å²) in [6.45, 7) is 10.1. The van der Waals surface area contributed by atoms with Crippen LogP contribution in [0.2, 0.25) is 0 Å². The number of fused-ring (bicyclic) bond motifs is 5. The summed E-state index contributed by atoms with van der Waals surface area (Å²) in [6, 6.07) is 1.60. The van der Waals surface area contributed by atoms with E-state index in [0.29, 0.717) is 10.8 Å². The van der Waals surface area contributed by atoms with E-state index in [0.717, 1.165) is 18.0 Å². The number of rotatable bonds is 0. The molecule has 4 atom stereocenters. The van der Waals surface area contributed by atoms with E-state index in [1.54, 1.807) is 0 Å². The molecule has 2 saturated carbocycles. The van der Waals surface area contributed by atoms with Crippen LogP contribution in [-0.4, -0.2) is 49.1 Å². The van der Waals surface area contributed by atoms with Crippen molar-refractivity contribution in [2.24, 2.45) is 16.7 Å². The number of likely N-dealkylation sites (N-methyl/N-ethyl adjacent to an activating group) is 2. The third-order valence-electron chi connectivity index (χ3n) is 6.55. The average Bonchev–Trinajstić information content (AvgIpc) is 2.54. The van der Waals surface area contributed by atoms with Crippen molar-refractivity contribution in [3.05, 3.63) is 0 Å². The molecule has 2 bridgehead atoms. The van der Waals surface area contributed by atoms with E-state index in [1.165, 1.54) is 25.9 Å². The second kappa shape index (κ2) is 3.02. The molecule has 92 valence electrons. The van der Waals surface area contributed by atoms with Crippen LogP contribution in [0.1, 0.15) is 33.6 Å². The Hall–Kier alpha value is -0.0800. The predicted octanol–water partition coefficient (Wildman–Crippen LogP) is 2.06. The maximum atomic E-state index is 2.64. The van der Waals surface area contributed by atoms with Gasteiger partial charge in [-0.3, -0.25) is 0 Å². The third kappa shape index (κ3) is 1.01. The molecule has 0 aromatic carbocycles. The van der Waals surface area contributed by atoms with E-state index >= 15 is 0 Å². The molecule has 1 heterocycles. The van der Waals surface area contributed by atoms with Crippen LogP contribution in [0.3, 0.4) is 0 Å². The maximum absolute atomic E-state index is 2.64. The van der Waals surface area contributed by atoms with Crippen molar-refractivity contribution < 1.29 is 0 Å². The summed E-state index contributed by atoms with van der Waals surface area (Å²) < 4.78 is 0. The highest BCUT2D eigenvalue weighted by molar-refractivity contribution is 5.20. The molecule has 3 rings (SSSR count). The molecule has 0 amide bonds. The molecule has 2 heteroatoms. The lowest BCUT2D eigenvalue weighted by Gasteiger charge is -2.50. The molecule has 0 unspecified atom stereocenters. The fraction of sp³-hybridized carbons (Fsp3) is 1.00. The Morgan fingerprint density at radius 1 is 1.00 bits per heavy atom. The third-order valence-corrected chi connectivity index (χ3v) is 6.55. The Bertz CT molecular complexity index is 312. The minimum absolute atomic E-state index is 0.523. The van der Waals surface area contributed by atoms with E-state index in [2.05, 4.69) is 44.7 Å². The van der Waals surface area contributed by atoms with E-state index < -0.39 is 0 Å². The minimum atomic E-state index is 0.523. The van der Waals surface area contributed by atoms with Crippen molar-refractivity contribution in [1.29, 1.82) is 0 Å². The highest BCUT2D eigenvalue weighted by Crippen LogP contribution is 2.67. The fourth-order valence-electron chi connectivity index (χ4n) is 5.18. The highest BCUT2D eigenvalue weighted by Gasteiger charge is 2.68. The van der Waals surface area contributed by atoms with Gasteiger partial charge in [-0.25, -0.2) is 0 Å². The molecule has 2 aliphatic carbocycles. The first-order valence-electron chi connectivity index (χ1n) is 6.80. The fourth-order valence-corrected chi connectivity index (χ4v) is 5.18. The summed E-state index contributed by atoms with van der Waals surface area (Å²) in [5.74, 6) is 0.912. The summed E-state index contributed by atoms with van der Waals surface area (Å²) in [5.41, 5.74) is 1.06. The molecule has 0 radical (unpaired) electrons. The van der Waals surface area contributed by atoms with Crippen molar-refractivity contribution in [2.75, 3.05) is 27.2 Å².